The van der Waals surface area contributed by atoms with Gasteiger partial charge in [-0.25, -0.2) is 0 Å². The first-order chi connectivity index (χ1) is 4.74. The molecule has 4 N–H and O–H groups in total. The van der Waals surface area contributed by atoms with Crippen molar-refractivity contribution in [2.24, 2.45) is 0 Å². The Hall–Kier alpha value is -0.390. The first-order valence-electron chi connectivity index (χ1n) is 2.81. The Labute approximate surface area is 79.2 Å². The molecule has 12 heavy (non-hydrogen) atoms. The van der Waals surface area contributed by atoms with Crippen LogP contribution in [0, 0.1) is 0 Å². The molecule has 0 heterocycles. The van der Waals surface area contributed by atoms with Crippen LogP contribution in [0.3, 0.4) is 0 Å². The van der Waals surface area contributed by atoms with Gasteiger partial charge in [0.1, 0.15) is 0 Å². The smallest absolute Gasteiger partial charge is 0 e. The van der Waals surface area contributed by atoms with Crippen molar-refractivity contribution in [2.45, 2.75) is 7.43 Å². The average Bonchev–Trinajstić information content (AvgIpc) is 1.91. The van der Waals surface area contributed by atoms with Gasteiger partial charge in [-0.1, -0.05) is 7.43 Å². The van der Waals surface area contributed by atoms with Crippen molar-refractivity contribution in [3.63, 3.8) is 0 Å². The van der Waals surface area contributed by atoms with E-state index >= 15 is 0 Å². The molecule has 0 aromatic heterocycles. The van der Waals surface area contributed by atoms with E-state index in [0.29, 0.717) is 0 Å². The SMILES string of the molecule is C.CNC.C[NH2+]C.O=BOO.[B].[HH]. The molecule has 0 saturated carbocycles. The third-order valence-electron chi connectivity index (χ3n) is 0.0430. The Morgan fingerprint density at radius 2 is 1.58 bits per heavy atom. The second-order valence-electron chi connectivity index (χ2n) is 1.28. The average molecular weight is 180 g/mol. The maximum Gasteiger partial charge on any atom is 0 e. The summed E-state index contributed by atoms with van der Waals surface area (Å²) in [5.74, 6) is 0. The Kier molecular flexibility index (Phi) is 187. The summed E-state index contributed by atoms with van der Waals surface area (Å²) in [7, 11) is 7.68. The minimum atomic E-state index is -0.0694. The molecule has 0 saturated heterocycles. The summed E-state index contributed by atoms with van der Waals surface area (Å²) < 4.78 is 8.70. The van der Waals surface area contributed by atoms with Crippen LogP contribution in [0.5, 0.6) is 0 Å². The van der Waals surface area contributed by atoms with Gasteiger partial charge in [0.25, 0.3) is 0 Å². The fourth-order valence-electron chi connectivity index (χ4n) is 0. The van der Waals surface area contributed by atoms with E-state index in [1.54, 1.807) is 0 Å². The number of rotatable bonds is 1. The molecule has 0 aliphatic carbocycles. The molecule has 0 fully saturated rings. The van der Waals surface area contributed by atoms with Gasteiger partial charge in [0.05, 0.1) is 14.1 Å². The third-order valence-corrected chi connectivity index (χ3v) is 0.0430. The van der Waals surface area contributed by atoms with Crippen LogP contribution >= 0.6 is 0 Å². The van der Waals surface area contributed by atoms with Crippen LogP contribution in [0.2, 0.25) is 0 Å². The van der Waals surface area contributed by atoms with Crippen LogP contribution in [0.25, 0.3) is 0 Å². The van der Waals surface area contributed by atoms with E-state index in [0.717, 1.165) is 0 Å². The molecule has 0 aromatic carbocycles. The Balaban J connectivity index is -0.0000000128. The summed E-state index contributed by atoms with van der Waals surface area (Å²) in [5.41, 5.74) is 0. The number of nitrogens with one attached hydrogen (secondary N) is 1. The topological polar surface area (TPSA) is 75.2 Å². The number of quaternary nitrogens is 1. The van der Waals surface area contributed by atoms with E-state index in [9.17, 15) is 0 Å². The zero-order chi connectivity index (χ0) is 8.83. The summed E-state index contributed by atoms with van der Waals surface area (Å²) in [6.07, 6.45) is 0. The van der Waals surface area contributed by atoms with Crippen LogP contribution in [0.15, 0.2) is 0 Å². The predicted octanol–water partition coefficient (Wildman–Crippen LogP) is -1.41. The third kappa shape index (κ3) is 1920. The zero-order valence-electron chi connectivity index (χ0n) is 7.50. The first-order valence-corrected chi connectivity index (χ1v) is 2.81. The standard InChI is InChI=1S/2C2H7N.CH4.BHO3.B.H2/c2*1-3-2;;2-1-4-3;;/h2*3H,1-2H3;1H4;3H;;1H/p+1. The molecule has 0 rings (SSSR count). The molecule has 0 atom stereocenters. The Morgan fingerprint density at radius 3 is 1.58 bits per heavy atom. The van der Waals surface area contributed by atoms with Crippen LogP contribution in [0.1, 0.15) is 8.85 Å². The van der Waals surface area contributed by atoms with Gasteiger partial charge >= 0.3 is 22.1 Å². The summed E-state index contributed by atoms with van der Waals surface area (Å²) in [4.78, 5) is 2.86. The van der Waals surface area contributed by atoms with Crippen LogP contribution in [0.4, 0.5) is 0 Å². The molecule has 0 amide bonds. The van der Waals surface area contributed by atoms with E-state index in [1.165, 1.54) is 0 Å². The molecular weight excluding hydrogens is 158 g/mol. The zero-order valence-corrected chi connectivity index (χ0v) is 7.50. The molecule has 0 aliphatic rings. The minimum absolute atomic E-state index is 0. The van der Waals surface area contributed by atoms with Crippen LogP contribution in [-0.2, 0) is 9.51 Å². The summed E-state index contributed by atoms with van der Waals surface area (Å²) in [6, 6.07) is 0. The van der Waals surface area contributed by atoms with Gasteiger partial charge in [-0.15, -0.1) is 0 Å². The van der Waals surface area contributed by atoms with E-state index < -0.39 is 0 Å². The second kappa shape index (κ2) is 75.2. The van der Waals surface area contributed by atoms with Crippen LogP contribution in [-0.4, -0.2) is 49.2 Å². The monoisotopic (exact) mass is 180 g/mol. The minimum Gasteiger partial charge on any atom is 0 e. The van der Waals surface area contributed by atoms with E-state index in [-0.39, 0.29) is 24.6 Å². The van der Waals surface area contributed by atoms with Crippen molar-refractivity contribution in [3.05, 3.63) is 0 Å². The number of hydrogen-bond acceptors (Lipinski definition) is 4. The van der Waals surface area contributed by atoms with E-state index in [2.05, 4.69) is 10.1 Å². The molecule has 0 aliphatic heterocycles. The van der Waals surface area contributed by atoms with E-state index in [4.69, 9.17) is 9.96 Å². The number of hydrogen-bond donors (Lipinski definition) is 3. The summed E-state index contributed by atoms with van der Waals surface area (Å²) in [6.45, 7) is 0. The molecule has 75 valence electrons. The van der Waals surface area contributed by atoms with Gasteiger partial charge < -0.3 is 10.6 Å². The normalized spacial score (nSPS) is 4.42. The molecule has 5 nitrogen and oxygen atoms in total. The van der Waals surface area contributed by atoms with Crippen molar-refractivity contribution < 1.29 is 21.5 Å². The van der Waals surface area contributed by atoms with Gasteiger partial charge in [0.2, 0.25) is 0 Å². The van der Waals surface area contributed by atoms with Crippen LogP contribution < -0.4 is 10.6 Å². The molecule has 0 spiro atoms. The van der Waals surface area contributed by atoms with E-state index in [1.807, 2.05) is 33.5 Å². The van der Waals surface area contributed by atoms with Crippen molar-refractivity contribution in [2.75, 3.05) is 28.2 Å². The van der Waals surface area contributed by atoms with Gasteiger partial charge in [-0.05, 0) is 14.1 Å². The maximum absolute atomic E-state index is 8.70. The predicted molar refractivity (Wildman–Crippen MR) is 53.5 cm³/mol. The largest absolute Gasteiger partial charge is 0 e. The Bertz CT molecular complexity index is 54.8. The van der Waals surface area contributed by atoms with Gasteiger partial charge in [-0.3, -0.25) is 0 Å². The number of nitrogens with two attached hydrogens (primary N) is 1. The van der Waals surface area contributed by atoms with Gasteiger partial charge in [0, 0.05) is 9.84 Å². The summed E-state index contributed by atoms with van der Waals surface area (Å²) in [5, 5.41) is 11.8. The van der Waals surface area contributed by atoms with Crippen molar-refractivity contribution >= 4 is 15.8 Å². The molecule has 0 unspecified atom stereocenters. The van der Waals surface area contributed by atoms with Crippen molar-refractivity contribution in [3.8, 4) is 0 Å². The van der Waals surface area contributed by atoms with Crippen molar-refractivity contribution in [1.82, 2.24) is 5.32 Å². The quantitative estimate of drug-likeness (QED) is 0.263. The van der Waals surface area contributed by atoms with Crippen molar-refractivity contribution in [1.29, 1.82) is 0 Å². The summed E-state index contributed by atoms with van der Waals surface area (Å²) >= 11 is 0. The molecule has 3 radical (unpaired) electrons. The maximum atomic E-state index is 8.70. The first kappa shape index (κ1) is 29.9. The fourth-order valence-corrected chi connectivity index (χ4v) is 0. The molecule has 0 bridgehead atoms. The second-order valence-corrected chi connectivity index (χ2v) is 1.28. The molecule has 0 aromatic rings. The Morgan fingerprint density at radius 1 is 1.50 bits per heavy atom. The fraction of sp³-hybridized carbons (Fsp3) is 1.00. The molecular formula is C5H22B2N2O3+. The van der Waals surface area contributed by atoms with Gasteiger partial charge in [0.15, 0.2) is 0 Å². The molecule has 7 heteroatoms. The van der Waals surface area contributed by atoms with Gasteiger partial charge in [-0.2, -0.15) is 0 Å².